The van der Waals surface area contributed by atoms with Crippen LogP contribution in [0.15, 0.2) is 60.8 Å². The van der Waals surface area contributed by atoms with Gasteiger partial charge in [0.2, 0.25) is 0 Å². The maximum Gasteiger partial charge on any atom is 0.417 e. The molecule has 2 aromatic carbocycles. The van der Waals surface area contributed by atoms with E-state index in [0.717, 1.165) is 42.6 Å². The largest absolute Gasteiger partial charge is 0.478 e. The molecular formula is C20H11F6NO2. The lowest BCUT2D eigenvalue weighted by Crippen LogP contribution is -2.10. The molecule has 0 aliphatic carbocycles. The minimum atomic E-state index is -4.77. The summed E-state index contributed by atoms with van der Waals surface area (Å²) in [6.45, 7) is 0. The van der Waals surface area contributed by atoms with Crippen molar-refractivity contribution in [1.82, 2.24) is 4.98 Å². The zero-order chi connectivity index (χ0) is 21.4. The number of nitrogens with zero attached hydrogens (tertiary/aromatic N) is 1. The fraction of sp³-hybridized carbons (Fsp3) is 0.100. The predicted octanol–water partition coefficient (Wildman–Crippen LogP) is 6.15. The Labute approximate surface area is 160 Å². The maximum absolute atomic E-state index is 13.3. The summed E-state index contributed by atoms with van der Waals surface area (Å²) < 4.78 is 79.7. The number of aromatic carboxylic acids is 1. The fourth-order valence-corrected chi connectivity index (χ4v) is 2.91. The van der Waals surface area contributed by atoms with Crippen molar-refractivity contribution < 1.29 is 36.2 Å². The second-order valence-corrected chi connectivity index (χ2v) is 6.01. The summed E-state index contributed by atoms with van der Waals surface area (Å²) in [6, 6.07) is 9.60. The van der Waals surface area contributed by atoms with Crippen molar-refractivity contribution in [2.45, 2.75) is 12.4 Å². The molecule has 0 spiro atoms. The van der Waals surface area contributed by atoms with Gasteiger partial charge >= 0.3 is 18.3 Å². The number of rotatable bonds is 3. The first-order chi connectivity index (χ1) is 13.5. The summed E-state index contributed by atoms with van der Waals surface area (Å²) in [7, 11) is 0. The van der Waals surface area contributed by atoms with Crippen LogP contribution in [0.4, 0.5) is 26.3 Å². The van der Waals surface area contributed by atoms with Gasteiger partial charge < -0.3 is 5.11 Å². The third-order valence-corrected chi connectivity index (χ3v) is 4.15. The van der Waals surface area contributed by atoms with Crippen LogP contribution in [-0.4, -0.2) is 16.1 Å². The van der Waals surface area contributed by atoms with E-state index < -0.39 is 46.3 Å². The highest BCUT2D eigenvalue weighted by atomic mass is 19.4. The molecule has 150 valence electrons. The van der Waals surface area contributed by atoms with Crippen LogP contribution in [-0.2, 0) is 12.4 Å². The van der Waals surface area contributed by atoms with Crippen molar-refractivity contribution in [2.75, 3.05) is 0 Å². The third kappa shape index (κ3) is 4.08. The Balaban J connectivity index is 2.24. The molecule has 0 bridgehead atoms. The van der Waals surface area contributed by atoms with Gasteiger partial charge in [-0.1, -0.05) is 36.4 Å². The normalized spacial score (nSPS) is 12.1. The van der Waals surface area contributed by atoms with Crippen molar-refractivity contribution >= 4 is 5.97 Å². The summed E-state index contributed by atoms with van der Waals surface area (Å²) in [6.07, 6.45) is -8.55. The number of halogens is 6. The van der Waals surface area contributed by atoms with Gasteiger partial charge in [-0.05, 0) is 23.8 Å². The first-order valence-electron chi connectivity index (χ1n) is 8.06. The number of carboxylic acids is 1. The molecule has 0 amide bonds. The van der Waals surface area contributed by atoms with E-state index in [0.29, 0.717) is 0 Å². The molecule has 0 radical (unpaired) electrons. The number of aromatic nitrogens is 1. The molecule has 29 heavy (non-hydrogen) atoms. The summed E-state index contributed by atoms with van der Waals surface area (Å²) in [5.41, 5.74) is -4.22. The molecular weight excluding hydrogens is 400 g/mol. The second-order valence-electron chi connectivity index (χ2n) is 6.01. The number of carbonyl (C=O) groups is 1. The molecule has 0 atom stereocenters. The van der Waals surface area contributed by atoms with Gasteiger partial charge in [-0.3, -0.25) is 4.98 Å². The Kier molecular flexibility index (Phi) is 5.08. The Morgan fingerprint density at radius 1 is 0.793 bits per heavy atom. The number of hydrogen-bond acceptors (Lipinski definition) is 2. The molecule has 1 heterocycles. The Hall–Kier alpha value is -3.36. The highest BCUT2D eigenvalue weighted by Gasteiger charge is 2.36. The quantitative estimate of drug-likeness (QED) is 0.526. The fourth-order valence-electron chi connectivity index (χ4n) is 2.91. The van der Waals surface area contributed by atoms with Crippen LogP contribution < -0.4 is 0 Å². The molecule has 3 nitrogen and oxygen atoms in total. The van der Waals surface area contributed by atoms with Crippen LogP contribution in [0.1, 0.15) is 21.5 Å². The number of carboxylic acid groups (broad SMARTS) is 1. The van der Waals surface area contributed by atoms with Gasteiger partial charge in [0.05, 0.1) is 22.4 Å². The van der Waals surface area contributed by atoms with Crippen LogP contribution >= 0.6 is 0 Å². The lowest BCUT2D eigenvalue weighted by atomic mass is 9.95. The Morgan fingerprint density at radius 2 is 1.28 bits per heavy atom. The van der Waals surface area contributed by atoms with E-state index in [1.807, 2.05) is 0 Å². The van der Waals surface area contributed by atoms with Crippen LogP contribution in [0.25, 0.3) is 22.4 Å². The van der Waals surface area contributed by atoms with E-state index in [1.165, 1.54) is 18.2 Å². The Morgan fingerprint density at radius 3 is 1.79 bits per heavy atom. The zero-order valence-electron chi connectivity index (χ0n) is 14.3. The van der Waals surface area contributed by atoms with Crippen molar-refractivity contribution in [3.8, 4) is 22.4 Å². The van der Waals surface area contributed by atoms with Gasteiger partial charge in [0.1, 0.15) is 0 Å². The summed E-state index contributed by atoms with van der Waals surface area (Å²) >= 11 is 0. The van der Waals surface area contributed by atoms with E-state index in [2.05, 4.69) is 4.98 Å². The first kappa shape index (κ1) is 20.4. The van der Waals surface area contributed by atoms with Crippen molar-refractivity contribution in [1.29, 1.82) is 0 Å². The molecule has 1 N–H and O–H groups in total. The van der Waals surface area contributed by atoms with Crippen molar-refractivity contribution in [3.63, 3.8) is 0 Å². The third-order valence-electron chi connectivity index (χ3n) is 4.15. The molecule has 0 aliphatic rings. The van der Waals surface area contributed by atoms with E-state index in [4.69, 9.17) is 0 Å². The van der Waals surface area contributed by atoms with E-state index in [9.17, 15) is 36.2 Å². The molecule has 0 saturated carbocycles. The molecule has 0 aliphatic heterocycles. The minimum absolute atomic E-state index is 0.177. The Bertz CT molecular complexity index is 1070. The van der Waals surface area contributed by atoms with Crippen LogP contribution in [0, 0.1) is 0 Å². The smallest absolute Gasteiger partial charge is 0.417 e. The van der Waals surface area contributed by atoms with Gasteiger partial charge in [-0.2, -0.15) is 26.3 Å². The molecule has 3 aromatic rings. The topological polar surface area (TPSA) is 50.2 Å². The maximum atomic E-state index is 13.3. The predicted molar refractivity (Wildman–Crippen MR) is 92.1 cm³/mol. The lowest BCUT2D eigenvalue weighted by Gasteiger charge is -2.16. The van der Waals surface area contributed by atoms with Gasteiger partial charge in [0.15, 0.2) is 0 Å². The summed E-state index contributed by atoms with van der Waals surface area (Å²) in [5.74, 6) is -1.61. The monoisotopic (exact) mass is 411 g/mol. The minimum Gasteiger partial charge on any atom is -0.478 e. The number of benzene rings is 2. The van der Waals surface area contributed by atoms with E-state index >= 15 is 0 Å². The van der Waals surface area contributed by atoms with Crippen LogP contribution in [0.3, 0.4) is 0 Å². The summed E-state index contributed by atoms with van der Waals surface area (Å²) in [4.78, 5) is 15.5. The second kappa shape index (κ2) is 7.23. The summed E-state index contributed by atoms with van der Waals surface area (Å²) in [5, 5.41) is 9.48. The van der Waals surface area contributed by atoms with Crippen LogP contribution in [0.2, 0.25) is 0 Å². The van der Waals surface area contributed by atoms with Crippen molar-refractivity contribution in [3.05, 3.63) is 77.5 Å². The zero-order valence-corrected chi connectivity index (χ0v) is 14.3. The number of pyridine rings is 1. The van der Waals surface area contributed by atoms with E-state index in [1.54, 1.807) is 0 Å². The number of hydrogen-bond donors (Lipinski definition) is 1. The van der Waals surface area contributed by atoms with Crippen LogP contribution in [0.5, 0.6) is 0 Å². The first-order valence-corrected chi connectivity index (χ1v) is 8.06. The SMILES string of the molecule is O=C(O)c1cc(-c2ccccc2C(F)(F)F)cnc1-c1ccccc1C(F)(F)F. The van der Waals surface area contributed by atoms with E-state index in [-0.39, 0.29) is 11.1 Å². The highest BCUT2D eigenvalue weighted by Crippen LogP contribution is 2.40. The molecule has 0 saturated heterocycles. The van der Waals surface area contributed by atoms with Gasteiger partial charge in [0.25, 0.3) is 0 Å². The average molecular weight is 411 g/mol. The molecule has 9 heteroatoms. The molecule has 0 unspecified atom stereocenters. The molecule has 0 fully saturated rings. The molecule has 3 rings (SSSR count). The molecule has 1 aromatic heterocycles. The standard InChI is InChI=1S/C20H11F6NO2/c21-19(22,23)15-7-3-1-5-12(15)11-9-14(18(28)29)17(27-10-11)13-6-2-4-8-16(13)20(24,25)26/h1-10H,(H,28,29). The van der Waals surface area contributed by atoms with Gasteiger partial charge in [-0.25, -0.2) is 4.79 Å². The van der Waals surface area contributed by atoms with Gasteiger partial charge in [-0.15, -0.1) is 0 Å². The van der Waals surface area contributed by atoms with Gasteiger partial charge in [0, 0.05) is 17.3 Å². The highest BCUT2D eigenvalue weighted by molar-refractivity contribution is 5.96. The lowest BCUT2D eigenvalue weighted by molar-refractivity contribution is -0.137. The average Bonchev–Trinajstić information content (AvgIpc) is 2.66. The number of alkyl halides is 6. The van der Waals surface area contributed by atoms with Crippen molar-refractivity contribution in [2.24, 2.45) is 0 Å².